The number of anilines is 1. The van der Waals surface area contributed by atoms with Crippen molar-refractivity contribution in [2.24, 2.45) is 0 Å². The van der Waals surface area contributed by atoms with Gasteiger partial charge in [0.25, 0.3) is 5.91 Å². The smallest absolute Gasteiger partial charge is 0.266 e. The fourth-order valence-electron chi connectivity index (χ4n) is 3.15. The van der Waals surface area contributed by atoms with Crippen molar-refractivity contribution in [3.8, 4) is 5.75 Å². The maximum absolute atomic E-state index is 13.1. The van der Waals surface area contributed by atoms with Crippen LogP contribution in [0.3, 0.4) is 0 Å². The van der Waals surface area contributed by atoms with Gasteiger partial charge in [0.15, 0.2) is 11.7 Å². The molecule has 1 aliphatic heterocycles. The first-order valence-electron chi connectivity index (χ1n) is 9.63. The summed E-state index contributed by atoms with van der Waals surface area (Å²) in [5.41, 5.74) is 0.821. The molecule has 0 saturated carbocycles. The highest BCUT2D eigenvalue weighted by atomic mass is 35.5. The van der Waals surface area contributed by atoms with Crippen LogP contribution in [0, 0.1) is 0 Å². The molecule has 1 saturated heterocycles. The van der Waals surface area contributed by atoms with Crippen LogP contribution < -0.4 is 9.64 Å². The summed E-state index contributed by atoms with van der Waals surface area (Å²) >= 11 is 13.5. The number of carbonyl (C=O) groups excluding carboxylic acids is 1. The molecule has 1 fully saturated rings. The first-order valence-corrected chi connectivity index (χ1v) is 11.2. The zero-order chi connectivity index (χ0) is 20.9. The highest BCUT2D eigenvalue weighted by Crippen LogP contribution is 2.31. The minimum atomic E-state index is -0.150. The summed E-state index contributed by atoms with van der Waals surface area (Å²) in [5, 5.41) is 1.91. The van der Waals surface area contributed by atoms with Crippen LogP contribution in [-0.4, -0.2) is 61.8 Å². The summed E-state index contributed by atoms with van der Waals surface area (Å²) in [7, 11) is 0. The van der Waals surface area contributed by atoms with E-state index in [1.807, 2.05) is 12.1 Å². The fourth-order valence-corrected chi connectivity index (χ4v) is 4.56. The number of ether oxygens (including phenoxy) is 2. The van der Waals surface area contributed by atoms with E-state index in [9.17, 15) is 4.79 Å². The third kappa shape index (κ3) is 5.42. The number of nitrogens with zero attached hydrogens (tertiary/aromatic N) is 3. The number of hydrogen-bond donors (Lipinski definition) is 0. The number of morpholine rings is 1. The predicted octanol–water partition coefficient (Wildman–Crippen LogP) is 4.35. The molecule has 3 aromatic rings. The van der Waals surface area contributed by atoms with Gasteiger partial charge in [0.05, 0.1) is 23.4 Å². The zero-order valence-electron chi connectivity index (χ0n) is 16.2. The molecule has 1 aromatic heterocycles. The lowest BCUT2D eigenvalue weighted by Crippen LogP contribution is -2.44. The Kier molecular flexibility index (Phi) is 7.07. The van der Waals surface area contributed by atoms with E-state index in [0.29, 0.717) is 40.7 Å². The van der Waals surface area contributed by atoms with E-state index in [2.05, 4.69) is 9.88 Å². The van der Waals surface area contributed by atoms with Gasteiger partial charge in [0.2, 0.25) is 0 Å². The standard InChI is InChI=1S/C21H21Cl2N3O3S/c22-15-1-4-17(5-2-15)29-14-20(27)26(8-7-25-9-11-28-12-10-25)21-24-18-6-3-16(23)13-19(18)30-21/h1-6,13H,7-12,14H2. The Balaban J connectivity index is 1.50. The van der Waals surface area contributed by atoms with Crippen molar-refractivity contribution in [1.29, 1.82) is 0 Å². The molecule has 1 aliphatic rings. The lowest BCUT2D eigenvalue weighted by atomic mass is 10.3. The molecule has 2 aromatic carbocycles. The van der Waals surface area contributed by atoms with E-state index < -0.39 is 0 Å². The van der Waals surface area contributed by atoms with Gasteiger partial charge in [-0.05, 0) is 42.5 Å². The Morgan fingerprint density at radius 1 is 1.13 bits per heavy atom. The molecule has 0 bridgehead atoms. The van der Waals surface area contributed by atoms with E-state index in [0.717, 1.165) is 29.9 Å². The molecular formula is C21H21Cl2N3O3S. The van der Waals surface area contributed by atoms with E-state index in [4.69, 9.17) is 32.7 Å². The number of halogens is 2. The molecule has 4 rings (SSSR count). The van der Waals surface area contributed by atoms with Crippen molar-refractivity contribution in [1.82, 2.24) is 9.88 Å². The van der Waals surface area contributed by atoms with Crippen LogP contribution in [0.2, 0.25) is 10.0 Å². The molecule has 0 N–H and O–H groups in total. The molecule has 0 spiro atoms. The third-order valence-corrected chi connectivity index (χ3v) is 6.32. The molecule has 0 atom stereocenters. The van der Waals surface area contributed by atoms with Gasteiger partial charge in [0, 0.05) is 36.2 Å². The van der Waals surface area contributed by atoms with Crippen LogP contribution in [0.25, 0.3) is 10.2 Å². The maximum atomic E-state index is 13.1. The number of benzene rings is 2. The van der Waals surface area contributed by atoms with Crippen LogP contribution in [0.4, 0.5) is 5.13 Å². The minimum Gasteiger partial charge on any atom is -0.484 e. The topological polar surface area (TPSA) is 54.9 Å². The molecule has 2 heterocycles. The van der Waals surface area contributed by atoms with E-state index >= 15 is 0 Å². The van der Waals surface area contributed by atoms with Gasteiger partial charge < -0.3 is 9.47 Å². The number of rotatable bonds is 7. The normalized spacial score (nSPS) is 14.7. The third-order valence-electron chi connectivity index (χ3n) is 4.79. The summed E-state index contributed by atoms with van der Waals surface area (Å²) in [5.74, 6) is 0.445. The van der Waals surface area contributed by atoms with Gasteiger partial charge in [-0.25, -0.2) is 4.98 Å². The zero-order valence-corrected chi connectivity index (χ0v) is 18.6. The van der Waals surface area contributed by atoms with Crippen molar-refractivity contribution >= 4 is 55.8 Å². The van der Waals surface area contributed by atoms with E-state index in [-0.39, 0.29) is 12.5 Å². The molecule has 0 aliphatic carbocycles. The summed E-state index contributed by atoms with van der Waals surface area (Å²) in [6.07, 6.45) is 0. The SMILES string of the molecule is O=C(COc1ccc(Cl)cc1)N(CCN1CCOCC1)c1nc2ccc(Cl)cc2s1. The van der Waals surface area contributed by atoms with Crippen molar-refractivity contribution in [2.75, 3.05) is 50.9 Å². The fraction of sp³-hybridized carbons (Fsp3) is 0.333. The lowest BCUT2D eigenvalue weighted by molar-refractivity contribution is -0.120. The quantitative estimate of drug-likeness (QED) is 0.519. The van der Waals surface area contributed by atoms with Crippen molar-refractivity contribution < 1.29 is 14.3 Å². The Labute approximate surface area is 188 Å². The number of thiazole rings is 1. The Morgan fingerprint density at radius 3 is 2.63 bits per heavy atom. The second kappa shape index (κ2) is 9.94. The van der Waals surface area contributed by atoms with Gasteiger partial charge in [-0.15, -0.1) is 0 Å². The van der Waals surface area contributed by atoms with Crippen molar-refractivity contribution in [2.45, 2.75) is 0 Å². The average Bonchev–Trinajstić information content (AvgIpc) is 3.17. The number of amides is 1. The van der Waals surface area contributed by atoms with Crippen LogP contribution in [0.15, 0.2) is 42.5 Å². The molecule has 0 radical (unpaired) electrons. The summed E-state index contributed by atoms with van der Waals surface area (Å²) < 4.78 is 12.0. The van der Waals surface area contributed by atoms with Crippen molar-refractivity contribution in [3.05, 3.63) is 52.5 Å². The Morgan fingerprint density at radius 2 is 1.87 bits per heavy atom. The van der Waals surface area contributed by atoms with Crippen molar-refractivity contribution in [3.63, 3.8) is 0 Å². The van der Waals surface area contributed by atoms with E-state index in [1.54, 1.807) is 35.2 Å². The molecule has 6 nitrogen and oxygen atoms in total. The molecule has 30 heavy (non-hydrogen) atoms. The molecule has 9 heteroatoms. The van der Waals surface area contributed by atoms with Gasteiger partial charge >= 0.3 is 0 Å². The number of aromatic nitrogens is 1. The lowest BCUT2D eigenvalue weighted by Gasteiger charge is -2.29. The van der Waals surface area contributed by atoms with Gasteiger partial charge in [0.1, 0.15) is 5.75 Å². The first-order chi connectivity index (χ1) is 14.6. The molecule has 158 valence electrons. The predicted molar refractivity (Wildman–Crippen MR) is 121 cm³/mol. The second-order valence-electron chi connectivity index (χ2n) is 6.85. The maximum Gasteiger partial charge on any atom is 0.266 e. The van der Waals surface area contributed by atoms with Crippen LogP contribution in [0.1, 0.15) is 0 Å². The van der Waals surface area contributed by atoms with Gasteiger partial charge in [-0.2, -0.15) is 0 Å². The largest absolute Gasteiger partial charge is 0.484 e. The monoisotopic (exact) mass is 465 g/mol. The van der Waals surface area contributed by atoms with Gasteiger partial charge in [-0.3, -0.25) is 14.6 Å². The molecular weight excluding hydrogens is 445 g/mol. The second-order valence-corrected chi connectivity index (χ2v) is 8.73. The van der Waals surface area contributed by atoms with Crippen LogP contribution in [0.5, 0.6) is 5.75 Å². The number of hydrogen-bond acceptors (Lipinski definition) is 6. The van der Waals surface area contributed by atoms with Crippen LogP contribution in [-0.2, 0) is 9.53 Å². The first kappa shape index (κ1) is 21.3. The number of carbonyl (C=O) groups is 1. The summed E-state index contributed by atoms with van der Waals surface area (Å²) in [6.45, 7) is 4.34. The Hall–Kier alpha value is -1.90. The van der Waals surface area contributed by atoms with Crippen LogP contribution >= 0.6 is 34.5 Å². The minimum absolute atomic E-state index is 0.0819. The summed E-state index contributed by atoms with van der Waals surface area (Å²) in [4.78, 5) is 21.7. The highest BCUT2D eigenvalue weighted by molar-refractivity contribution is 7.22. The number of fused-ring (bicyclic) bond motifs is 1. The molecule has 1 amide bonds. The van der Waals surface area contributed by atoms with E-state index in [1.165, 1.54) is 11.3 Å². The Bertz CT molecular complexity index is 1010. The highest BCUT2D eigenvalue weighted by Gasteiger charge is 2.22. The van der Waals surface area contributed by atoms with Gasteiger partial charge in [-0.1, -0.05) is 34.5 Å². The molecule has 0 unspecified atom stereocenters. The average molecular weight is 466 g/mol. The summed E-state index contributed by atoms with van der Waals surface area (Å²) in [6, 6.07) is 12.5.